The first-order valence-corrected chi connectivity index (χ1v) is 8.52. The molecular weight excluding hydrogens is 316 g/mol. The van der Waals surface area contributed by atoms with E-state index in [1.807, 2.05) is 0 Å². The summed E-state index contributed by atoms with van der Waals surface area (Å²) in [4.78, 5) is 24.9. The average molecular weight is 342 g/mol. The number of rotatable bonds is 11. The molecule has 0 aliphatic carbocycles. The first-order valence-electron chi connectivity index (χ1n) is 8.14. The van der Waals surface area contributed by atoms with Crippen LogP contribution in [-0.2, 0) is 4.79 Å². The summed E-state index contributed by atoms with van der Waals surface area (Å²) in [5, 5.41) is 13.5. The summed E-state index contributed by atoms with van der Waals surface area (Å²) in [5.74, 6) is -1.40. The molecule has 128 valence electrons. The van der Waals surface area contributed by atoms with Crippen LogP contribution in [-0.4, -0.2) is 44.0 Å². The van der Waals surface area contributed by atoms with E-state index in [-0.39, 0.29) is 12.2 Å². The van der Waals surface area contributed by atoms with Gasteiger partial charge in [0.1, 0.15) is 6.04 Å². The van der Waals surface area contributed by atoms with E-state index in [2.05, 4.69) is 13.8 Å². The third kappa shape index (κ3) is 7.12. The lowest BCUT2D eigenvalue weighted by molar-refractivity contribution is -0.898. The summed E-state index contributed by atoms with van der Waals surface area (Å²) < 4.78 is 0. The van der Waals surface area contributed by atoms with Crippen LogP contribution in [0.15, 0.2) is 24.3 Å². The standard InChI is InChI=1S/C17H25ClN2O3/c1-3-20(4-2)11-5-10-19-15(17(22)23)12-16(21)13-6-8-14(18)9-7-13/h6-9,15,19H,3-5,10-12H2,1-2H3,(H,22,23)/p+1/t15-/m0/s1. The van der Waals surface area contributed by atoms with Crippen molar-refractivity contribution < 1.29 is 24.9 Å². The largest absolute Gasteiger partial charge is 0.544 e. The maximum Gasteiger partial charge on any atom is 0.169 e. The fourth-order valence-corrected chi connectivity index (χ4v) is 2.62. The summed E-state index contributed by atoms with van der Waals surface area (Å²) in [6.07, 6.45) is 0.845. The molecule has 0 saturated carbocycles. The van der Waals surface area contributed by atoms with Gasteiger partial charge in [-0.3, -0.25) is 4.79 Å². The quantitative estimate of drug-likeness (QED) is 0.396. The fraction of sp³-hybridized carbons (Fsp3) is 0.529. The second-order valence-corrected chi connectivity index (χ2v) is 6.08. The topological polar surface area (TPSA) is 78.2 Å². The van der Waals surface area contributed by atoms with Crippen LogP contribution >= 0.6 is 11.6 Å². The second-order valence-electron chi connectivity index (χ2n) is 5.64. The third-order valence-electron chi connectivity index (χ3n) is 4.06. The van der Waals surface area contributed by atoms with Crippen molar-refractivity contribution in [1.82, 2.24) is 0 Å². The Bertz CT molecular complexity index is 501. The van der Waals surface area contributed by atoms with E-state index in [0.29, 0.717) is 17.1 Å². The number of aliphatic carboxylic acids is 1. The van der Waals surface area contributed by atoms with Gasteiger partial charge in [0.05, 0.1) is 38.6 Å². The molecule has 0 aliphatic heterocycles. The van der Waals surface area contributed by atoms with Crippen LogP contribution in [0.4, 0.5) is 0 Å². The Balaban J connectivity index is 2.47. The Hall–Kier alpha value is -1.43. The molecule has 6 heteroatoms. The number of quaternary nitrogens is 2. The zero-order valence-electron chi connectivity index (χ0n) is 13.8. The molecule has 0 amide bonds. The Morgan fingerprint density at radius 2 is 1.83 bits per heavy atom. The molecule has 0 fully saturated rings. The van der Waals surface area contributed by atoms with Gasteiger partial charge in [0.25, 0.3) is 0 Å². The fourth-order valence-electron chi connectivity index (χ4n) is 2.49. The minimum Gasteiger partial charge on any atom is -0.544 e. The molecule has 0 saturated heterocycles. The molecular formula is C17H26ClN2O3+. The van der Waals surface area contributed by atoms with Gasteiger partial charge in [-0.2, -0.15) is 0 Å². The number of carboxylic acid groups (broad SMARTS) is 1. The maximum absolute atomic E-state index is 12.1. The lowest BCUT2D eigenvalue weighted by atomic mass is 10.0. The Kier molecular flexibility index (Phi) is 8.84. The second kappa shape index (κ2) is 10.4. The lowest BCUT2D eigenvalue weighted by Gasteiger charge is -2.18. The number of carboxylic acids is 1. The number of benzene rings is 1. The van der Waals surface area contributed by atoms with E-state index < -0.39 is 12.0 Å². The lowest BCUT2D eigenvalue weighted by Crippen LogP contribution is -3.11. The highest BCUT2D eigenvalue weighted by molar-refractivity contribution is 6.30. The Morgan fingerprint density at radius 1 is 1.22 bits per heavy atom. The van der Waals surface area contributed by atoms with Gasteiger partial charge in [0.2, 0.25) is 0 Å². The van der Waals surface area contributed by atoms with Crippen LogP contribution in [0.5, 0.6) is 0 Å². The molecule has 0 aromatic heterocycles. The number of hydrogen-bond donors (Lipinski definition) is 2. The first-order chi connectivity index (χ1) is 11.0. The molecule has 0 unspecified atom stereocenters. The smallest absolute Gasteiger partial charge is 0.169 e. The van der Waals surface area contributed by atoms with Crippen molar-refractivity contribution in [2.75, 3.05) is 26.2 Å². The number of carbonyl (C=O) groups is 2. The normalized spacial score (nSPS) is 12.3. The summed E-state index contributed by atoms with van der Waals surface area (Å²) in [5.41, 5.74) is 0.474. The number of halogens is 1. The number of ketones is 1. The van der Waals surface area contributed by atoms with Gasteiger partial charge >= 0.3 is 0 Å². The van der Waals surface area contributed by atoms with Crippen LogP contribution in [0, 0.1) is 0 Å². The Labute approximate surface area is 142 Å². The van der Waals surface area contributed by atoms with Gasteiger partial charge in [0, 0.05) is 17.0 Å². The number of hydrogen-bond acceptors (Lipinski definition) is 3. The SMILES string of the molecule is CC[NH+](CC)CCC[NH2+][C@@H](CC(=O)c1ccc(Cl)cc1)C(=O)[O-]. The van der Waals surface area contributed by atoms with Crippen LogP contribution in [0.2, 0.25) is 5.02 Å². The van der Waals surface area contributed by atoms with Crippen molar-refractivity contribution in [3.8, 4) is 0 Å². The predicted molar refractivity (Wildman–Crippen MR) is 87.5 cm³/mol. The Morgan fingerprint density at radius 3 is 2.35 bits per heavy atom. The predicted octanol–water partition coefficient (Wildman–Crippen LogP) is -1.09. The van der Waals surface area contributed by atoms with E-state index in [4.69, 9.17) is 11.6 Å². The molecule has 5 nitrogen and oxygen atoms in total. The first kappa shape index (κ1) is 19.6. The van der Waals surface area contributed by atoms with Crippen molar-refractivity contribution in [3.63, 3.8) is 0 Å². The maximum atomic E-state index is 12.1. The van der Waals surface area contributed by atoms with Crippen LogP contribution < -0.4 is 15.3 Å². The van der Waals surface area contributed by atoms with Crippen molar-refractivity contribution in [1.29, 1.82) is 0 Å². The van der Waals surface area contributed by atoms with E-state index in [1.165, 1.54) is 4.90 Å². The number of nitrogens with one attached hydrogen (secondary N) is 1. The van der Waals surface area contributed by atoms with E-state index >= 15 is 0 Å². The zero-order valence-corrected chi connectivity index (χ0v) is 14.6. The molecule has 0 spiro atoms. The summed E-state index contributed by atoms with van der Waals surface area (Å²) >= 11 is 5.78. The van der Waals surface area contributed by atoms with Crippen LogP contribution in [0.25, 0.3) is 0 Å². The van der Waals surface area contributed by atoms with Crippen LogP contribution in [0.1, 0.15) is 37.0 Å². The summed E-state index contributed by atoms with van der Waals surface area (Å²) in [7, 11) is 0. The molecule has 0 aliphatic rings. The van der Waals surface area contributed by atoms with Crippen molar-refractivity contribution >= 4 is 23.4 Å². The van der Waals surface area contributed by atoms with Gasteiger partial charge < -0.3 is 20.1 Å². The molecule has 1 rings (SSSR count). The number of Topliss-reactive ketones (excluding diaryl/α,β-unsaturated/α-hetero) is 1. The van der Waals surface area contributed by atoms with Crippen LogP contribution in [0.3, 0.4) is 0 Å². The molecule has 23 heavy (non-hydrogen) atoms. The molecule has 0 radical (unpaired) electrons. The van der Waals surface area contributed by atoms with Gasteiger partial charge in [-0.25, -0.2) is 0 Å². The minimum absolute atomic E-state index is 0.0674. The van der Waals surface area contributed by atoms with Gasteiger partial charge in [-0.15, -0.1) is 0 Å². The summed E-state index contributed by atoms with van der Waals surface area (Å²) in [6, 6.07) is 5.63. The molecule has 0 heterocycles. The third-order valence-corrected chi connectivity index (χ3v) is 4.31. The van der Waals surface area contributed by atoms with E-state index in [9.17, 15) is 14.7 Å². The highest BCUT2D eigenvalue weighted by Crippen LogP contribution is 2.11. The van der Waals surface area contributed by atoms with Crippen molar-refractivity contribution in [2.24, 2.45) is 0 Å². The summed E-state index contributed by atoms with van der Waals surface area (Å²) in [6.45, 7) is 8.09. The average Bonchev–Trinajstić information content (AvgIpc) is 2.54. The number of nitrogens with two attached hydrogens (primary N) is 1. The van der Waals surface area contributed by atoms with Gasteiger partial charge in [0.15, 0.2) is 5.78 Å². The van der Waals surface area contributed by atoms with Crippen molar-refractivity contribution in [2.45, 2.75) is 32.7 Å². The van der Waals surface area contributed by atoms with Crippen molar-refractivity contribution in [3.05, 3.63) is 34.9 Å². The highest BCUT2D eigenvalue weighted by Gasteiger charge is 2.19. The minimum atomic E-state index is -1.19. The molecule has 3 N–H and O–H groups in total. The molecule has 1 aromatic rings. The van der Waals surface area contributed by atoms with Gasteiger partial charge in [-0.05, 0) is 38.1 Å². The molecule has 0 bridgehead atoms. The number of carbonyl (C=O) groups excluding carboxylic acids is 2. The van der Waals surface area contributed by atoms with E-state index in [0.717, 1.165) is 26.1 Å². The molecule has 1 atom stereocenters. The van der Waals surface area contributed by atoms with E-state index in [1.54, 1.807) is 29.6 Å². The molecule has 1 aromatic carbocycles. The zero-order chi connectivity index (χ0) is 17.2. The van der Waals surface area contributed by atoms with Gasteiger partial charge in [-0.1, -0.05) is 11.6 Å². The highest BCUT2D eigenvalue weighted by atomic mass is 35.5. The monoisotopic (exact) mass is 341 g/mol.